The van der Waals surface area contributed by atoms with Crippen LogP contribution in [0.2, 0.25) is 0 Å². The van der Waals surface area contributed by atoms with Crippen molar-refractivity contribution in [2.45, 2.75) is 25.4 Å². The number of rotatable bonds is 6. The van der Waals surface area contributed by atoms with E-state index in [1.165, 1.54) is 5.56 Å². The van der Waals surface area contributed by atoms with Crippen molar-refractivity contribution < 1.29 is 9.47 Å². The third kappa shape index (κ3) is 3.61. The minimum Gasteiger partial charge on any atom is -0.497 e. The number of nitrogens with two attached hydrogens (primary N) is 1. The normalized spacial score (nSPS) is 22.2. The molecule has 0 aliphatic heterocycles. The molecule has 2 N–H and O–H groups in total. The van der Waals surface area contributed by atoms with Gasteiger partial charge in [0.1, 0.15) is 11.5 Å². The second-order valence-electron chi connectivity index (χ2n) is 5.47. The minimum atomic E-state index is 0.425. The van der Waals surface area contributed by atoms with E-state index in [-0.39, 0.29) is 0 Å². The molecule has 1 aromatic rings. The van der Waals surface area contributed by atoms with Crippen molar-refractivity contribution in [1.29, 1.82) is 0 Å². The molecule has 19 heavy (non-hydrogen) atoms. The fourth-order valence-corrected chi connectivity index (χ4v) is 2.71. The number of ether oxygens (including phenoxy) is 2. The monoisotopic (exact) mass is 264 g/mol. The lowest BCUT2D eigenvalue weighted by atomic mass is 9.80. The van der Waals surface area contributed by atoms with Crippen molar-refractivity contribution in [1.82, 2.24) is 4.90 Å². The van der Waals surface area contributed by atoms with Gasteiger partial charge in [-0.3, -0.25) is 0 Å². The number of nitrogens with zero attached hydrogens (tertiary/aromatic N) is 1. The summed E-state index contributed by atoms with van der Waals surface area (Å²) in [5, 5.41) is 0. The highest BCUT2D eigenvalue weighted by Gasteiger charge is 2.26. The Morgan fingerprint density at radius 1 is 1.26 bits per heavy atom. The van der Waals surface area contributed by atoms with Crippen molar-refractivity contribution in [3.05, 3.63) is 23.8 Å². The van der Waals surface area contributed by atoms with E-state index in [9.17, 15) is 0 Å². The first-order chi connectivity index (χ1) is 9.12. The van der Waals surface area contributed by atoms with Gasteiger partial charge in [-0.05, 0) is 31.9 Å². The molecule has 0 spiro atoms. The van der Waals surface area contributed by atoms with Gasteiger partial charge in [0.05, 0.1) is 14.2 Å². The standard InChI is InChI=1S/C15H24N2O2/c1-17(9-11-6-13(16)7-11)10-12-4-5-14(18-2)8-15(12)19-3/h4-5,8,11,13H,6-7,9-10,16H2,1-3H3. The van der Waals surface area contributed by atoms with Gasteiger partial charge in [-0.1, -0.05) is 6.07 Å². The summed E-state index contributed by atoms with van der Waals surface area (Å²) < 4.78 is 10.6. The second kappa shape index (κ2) is 6.26. The van der Waals surface area contributed by atoms with Gasteiger partial charge < -0.3 is 20.1 Å². The molecule has 0 bridgehead atoms. The quantitative estimate of drug-likeness (QED) is 0.852. The van der Waals surface area contributed by atoms with Gasteiger partial charge in [0.2, 0.25) is 0 Å². The van der Waals surface area contributed by atoms with E-state index < -0.39 is 0 Å². The average molecular weight is 264 g/mol. The number of hydrogen-bond donors (Lipinski definition) is 1. The third-order valence-corrected chi connectivity index (χ3v) is 3.78. The lowest BCUT2D eigenvalue weighted by molar-refractivity contribution is 0.177. The number of methoxy groups -OCH3 is 2. The first-order valence-corrected chi connectivity index (χ1v) is 6.77. The molecule has 1 aliphatic carbocycles. The Labute approximate surface area is 115 Å². The number of hydrogen-bond acceptors (Lipinski definition) is 4. The molecule has 4 nitrogen and oxygen atoms in total. The summed E-state index contributed by atoms with van der Waals surface area (Å²) in [6, 6.07) is 6.41. The average Bonchev–Trinajstić information content (AvgIpc) is 2.37. The van der Waals surface area contributed by atoms with Gasteiger partial charge in [0.15, 0.2) is 0 Å². The predicted molar refractivity (Wildman–Crippen MR) is 76.6 cm³/mol. The van der Waals surface area contributed by atoms with Gasteiger partial charge in [0.25, 0.3) is 0 Å². The molecule has 0 saturated heterocycles. The van der Waals surface area contributed by atoms with Crippen molar-refractivity contribution >= 4 is 0 Å². The summed E-state index contributed by atoms with van der Waals surface area (Å²) in [5.41, 5.74) is 7.01. The fraction of sp³-hybridized carbons (Fsp3) is 0.600. The van der Waals surface area contributed by atoms with E-state index in [0.29, 0.717) is 6.04 Å². The van der Waals surface area contributed by atoms with E-state index in [4.69, 9.17) is 15.2 Å². The molecule has 0 radical (unpaired) electrons. The molecule has 0 unspecified atom stereocenters. The molecule has 2 rings (SSSR count). The number of benzene rings is 1. The smallest absolute Gasteiger partial charge is 0.127 e. The lowest BCUT2D eigenvalue weighted by Gasteiger charge is -2.35. The Morgan fingerprint density at radius 3 is 2.58 bits per heavy atom. The van der Waals surface area contributed by atoms with Crippen molar-refractivity contribution in [2.24, 2.45) is 11.7 Å². The maximum atomic E-state index is 5.82. The van der Waals surface area contributed by atoms with Crippen LogP contribution >= 0.6 is 0 Å². The Bertz CT molecular complexity index is 417. The summed E-state index contributed by atoms with van der Waals surface area (Å²) >= 11 is 0. The van der Waals surface area contributed by atoms with Crippen LogP contribution < -0.4 is 15.2 Å². The van der Waals surface area contributed by atoms with E-state index in [2.05, 4.69) is 18.0 Å². The fourth-order valence-electron chi connectivity index (χ4n) is 2.71. The van der Waals surface area contributed by atoms with E-state index in [0.717, 1.165) is 43.3 Å². The van der Waals surface area contributed by atoms with Gasteiger partial charge in [0, 0.05) is 30.8 Å². The lowest BCUT2D eigenvalue weighted by Crippen LogP contribution is -2.41. The minimum absolute atomic E-state index is 0.425. The zero-order valence-corrected chi connectivity index (χ0v) is 12.1. The van der Waals surface area contributed by atoms with E-state index in [1.54, 1.807) is 14.2 Å². The van der Waals surface area contributed by atoms with Gasteiger partial charge in [-0.15, -0.1) is 0 Å². The van der Waals surface area contributed by atoms with Gasteiger partial charge >= 0.3 is 0 Å². The third-order valence-electron chi connectivity index (χ3n) is 3.78. The Balaban J connectivity index is 1.93. The highest BCUT2D eigenvalue weighted by Crippen LogP contribution is 2.28. The van der Waals surface area contributed by atoms with Crippen LogP contribution in [-0.4, -0.2) is 38.8 Å². The molecule has 0 aromatic heterocycles. The Morgan fingerprint density at radius 2 is 2.00 bits per heavy atom. The van der Waals surface area contributed by atoms with Crippen LogP contribution in [0.5, 0.6) is 11.5 Å². The first-order valence-electron chi connectivity index (χ1n) is 6.77. The maximum absolute atomic E-state index is 5.82. The zero-order valence-electron chi connectivity index (χ0n) is 12.1. The molecule has 4 heteroatoms. The molecular formula is C15H24N2O2. The molecule has 1 fully saturated rings. The van der Waals surface area contributed by atoms with Crippen molar-refractivity contribution in [2.75, 3.05) is 27.8 Å². The van der Waals surface area contributed by atoms with Gasteiger partial charge in [-0.25, -0.2) is 0 Å². The highest BCUT2D eigenvalue weighted by molar-refractivity contribution is 5.40. The van der Waals surface area contributed by atoms with E-state index in [1.807, 2.05) is 12.1 Å². The van der Waals surface area contributed by atoms with E-state index >= 15 is 0 Å². The molecule has 1 saturated carbocycles. The molecule has 0 atom stereocenters. The summed E-state index contributed by atoms with van der Waals surface area (Å²) in [7, 11) is 5.51. The second-order valence-corrected chi connectivity index (χ2v) is 5.47. The zero-order chi connectivity index (χ0) is 13.8. The topological polar surface area (TPSA) is 47.7 Å². The SMILES string of the molecule is COc1ccc(CN(C)CC2CC(N)C2)c(OC)c1. The maximum Gasteiger partial charge on any atom is 0.127 e. The van der Waals surface area contributed by atoms with Crippen molar-refractivity contribution in [3.63, 3.8) is 0 Å². The molecule has 1 aromatic carbocycles. The van der Waals surface area contributed by atoms with Crippen molar-refractivity contribution in [3.8, 4) is 11.5 Å². The van der Waals surface area contributed by atoms with Crippen LogP contribution in [0.1, 0.15) is 18.4 Å². The van der Waals surface area contributed by atoms with Crippen LogP contribution in [0.4, 0.5) is 0 Å². The molecule has 0 amide bonds. The molecule has 0 heterocycles. The molecular weight excluding hydrogens is 240 g/mol. The first kappa shape index (κ1) is 14.2. The predicted octanol–water partition coefficient (Wildman–Crippen LogP) is 1.87. The highest BCUT2D eigenvalue weighted by atomic mass is 16.5. The summed E-state index contributed by atoms with van der Waals surface area (Å²) in [5.74, 6) is 2.47. The molecule has 106 valence electrons. The summed E-state index contributed by atoms with van der Waals surface area (Å²) in [6.07, 6.45) is 2.31. The van der Waals surface area contributed by atoms with Gasteiger partial charge in [-0.2, -0.15) is 0 Å². The van der Waals surface area contributed by atoms with Crippen LogP contribution in [0.3, 0.4) is 0 Å². The van der Waals surface area contributed by atoms with Crippen LogP contribution in [0, 0.1) is 5.92 Å². The molecule has 1 aliphatic rings. The van der Waals surface area contributed by atoms with Crippen LogP contribution in [0.15, 0.2) is 18.2 Å². The largest absolute Gasteiger partial charge is 0.497 e. The Kier molecular flexibility index (Phi) is 4.66. The summed E-state index contributed by atoms with van der Waals surface area (Å²) in [6.45, 7) is 1.99. The summed E-state index contributed by atoms with van der Waals surface area (Å²) in [4.78, 5) is 2.33. The van der Waals surface area contributed by atoms with Crippen LogP contribution in [0.25, 0.3) is 0 Å². The Hall–Kier alpha value is -1.26. The van der Waals surface area contributed by atoms with Crippen LogP contribution in [-0.2, 0) is 6.54 Å².